The van der Waals surface area contributed by atoms with Gasteiger partial charge in [-0.05, 0) is 55.0 Å². The molecule has 3 N–H and O–H groups in total. The minimum atomic E-state index is -0.454. The normalized spacial score (nSPS) is 10.4. The van der Waals surface area contributed by atoms with Crippen LogP contribution in [0.3, 0.4) is 0 Å². The minimum Gasteiger partial charge on any atom is -0.493 e. The molecule has 2 aromatic rings. The second kappa shape index (κ2) is 8.07. The van der Waals surface area contributed by atoms with Crippen molar-refractivity contribution in [1.29, 1.82) is 0 Å². The van der Waals surface area contributed by atoms with Crippen LogP contribution in [-0.2, 0) is 0 Å². The van der Waals surface area contributed by atoms with Crippen molar-refractivity contribution in [2.75, 3.05) is 7.11 Å². The van der Waals surface area contributed by atoms with Crippen LogP contribution in [0, 0.1) is 6.92 Å². The van der Waals surface area contributed by atoms with Gasteiger partial charge in [0.1, 0.15) is 0 Å². The molecule has 24 heavy (non-hydrogen) atoms. The Hall–Kier alpha value is -2.93. The fourth-order valence-corrected chi connectivity index (χ4v) is 1.92. The van der Waals surface area contributed by atoms with Gasteiger partial charge in [0.05, 0.1) is 18.9 Å². The molecule has 124 valence electrons. The smallest absolute Gasteiger partial charge is 0.343 e. The van der Waals surface area contributed by atoms with Gasteiger partial charge in [0.2, 0.25) is 0 Å². The van der Waals surface area contributed by atoms with Crippen LogP contribution >= 0.6 is 12.2 Å². The molecule has 0 saturated carbocycles. The number of carbonyl (C=O) groups excluding carboxylic acids is 1. The van der Waals surface area contributed by atoms with Crippen LogP contribution in [0.1, 0.15) is 21.5 Å². The highest BCUT2D eigenvalue weighted by Gasteiger charge is 2.12. The third-order valence-electron chi connectivity index (χ3n) is 3.07. The molecule has 2 aromatic carbocycles. The third-order valence-corrected chi connectivity index (χ3v) is 3.16. The molecule has 0 atom stereocenters. The van der Waals surface area contributed by atoms with E-state index >= 15 is 0 Å². The van der Waals surface area contributed by atoms with E-state index in [1.165, 1.54) is 13.3 Å². The van der Waals surface area contributed by atoms with Crippen LogP contribution in [0.2, 0.25) is 0 Å². The predicted octanol–water partition coefficient (Wildman–Crippen LogP) is 2.39. The van der Waals surface area contributed by atoms with Crippen molar-refractivity contribution in [3.8, 4) is 11.5 Å². The van der Waals surface area contributed by atoms with Gasteiger partial charge in [-0.15, -0.1) is 0 Å². The van der Waals surface area contributed by atoms with Crippen LogP contribution in [-0.4, -0.2) is 24.4 Å². The van der Waals surface area contributed by atoms with Crippen molar-refractivity contribution < 1.29 is 14.3 Å². The average Bonchev–Trinajstić information content (AvgIpc) is 2.56. The summed E-state index contributed by atoms with van der Waals surface area (Å²) in [6.45, 7) is 1.95. The highest BCUT2D eigenvalue weighted by molar-refractivity contribution is 7.80. The number of thiocarbonyl (C=S) groups is 1. The molecule has 0 heterocycles. The van der Waals surface area contributed by atoms with Gasteiger partial charge in [-0.1, -0.05) is 17.7 Å². The van der Waals surface area contributed by atoms with Gasteiger partial charge in [-0.2, -0.15) is 5.10 Å². The van der Waals surface area contributed by atoms with Gasteiger partial charge < -0.3 is 15.2 Å². The van der Waals surface area contributed by atoms with Gasteiger partial charge in [-0.25, -0.2) is 4.79 Å². The molecule has 0 saturated heterocycles. The predicted molar refractivity (Wildman–Crippen MR) is 96.6 cm³/mol. The highest BCUT2D eigenvalue weighted by Crippen LogP contribution is 2.28. The Bertz CT molecular complexity index is 773. The van der Waals surface area contributed by atoms with E-state index in [9.17, 15) is 4.79 Å². The molecule has 0 amide bonds. The number of nitrogens with zero attached hydrogens (tertiary/aromatic N) is 1. The Morgan fingerprint density at radius 1 is 1.21 bits per heavy atom. The third kappa shape index (κ3) is 4.79. The van der Waals surface area contributed by atoms with Crippen molar-refractivity contribution in [2.45, 2.75) is 6.92 Å². The summed E-state index contributed by atoms with van der Waals surface area (Å²) in [7, 11) is 1.49. The van der Waals surface area contributed by atoms with Gasteiger partial charge in [0, 0.05) is 0 Å². The monoisotopic (exact) mass is 343 g/mol. The lowest BCUT2D eigenvalue weighted by atomic mass is 10.1. The Labute approximate surface area is 145 Å². The Morgan fingerprint density at radius 3 is 2.54 bits per heavy atom. The minimum absolute atomic E-state index is 0.0712. The molecule has 0 aliphatic carbocycles. The molecule has 0 fully saturated rings. The molecule has 0 unspecified atom stereocenters. The van der Waals surface area contributed by atoms with E-state index < -0.39 is 5.97 Å². The number of ether oxygens (including phenoxy) is 2. The van der Waals surface area contributed by atoms with E-state index in [1.54, 1.807) is 30.3 Å². The van der Waals surface area contributed by atoms with E-state index in [0.29, 0.717) is 17.1 Å². The summed E-state index contributed by atoms with van der Waals surface area (Å²) < 4.78 is 10.7. The zero-order valence-corrected chi connectivity index (χ0v) is 14.1. The number of benzene rings is 2. The largest absolute Gasteiger partial charge is 0.493 e. The van der Waals surface area contributed by atoms with Crippen molar-refractivity contribution >= 4 is 29.5 Å². The standard InChI is InChI=1S/C17H17N3O3S/c1-11-3-6-13(7-4-11)16(21)23-14-8-5-12(9-15(14)22-2)10-19-20-17(18)24/h3-10H,1-2H3,(H3,18,20,24)/b19-10-. The summed E-state index contributed by atoms with van der Waals surface area (Å²) in [4.78, 5) is 12.2. The molecule has 0 aliphatic rings. The van der Waals surface area contributed by atoms with E-state index in [-0.39, 0.29) is 5.11 Å². The fraction of sp³-hybridized carbons (Fsp3) is 0.118. The summed E-state index contributed by atoms with van der Waals surface area (Å²) in [6.07, 6.45) is 1.52. The molecule has 0 bridgehead atoms. The number of carbonyl (C=O) groups is 1. The number of hydrogen-bond acceptors (Lipinski definition) is 5. The SMILES string of the molecule is COc1cc(/C=N\NC(N)=S)ccc1OC(=O)c1ccc(C)cc1. The van der Waals surface area contributed by atoms with Crippen molar-refractivity contribution in [2.24, 2.45) is 10.8 Å². The Kier molecular flexibility index (Phi) is 5.86. The number of hydrogen-bond donors (Lipinski definition) is 2. The van der Waals surface area contributed by atoms with Gasteiger partial charge in [-0.3, -0.25) is 5.43 Å². The zero-order valence-electron chi connectivity index (χ0n) is 13.3. The Balaban J connectivity index is 2.15. The number of esters is 1. The maximum atomic E-state index is 12.2. The number of nitrogens with two attached hydrogens (primary N) is 1. The van der Waals surface area contributed by atoms with E-state index in [1.807, 2.05) is 19.1 Å². The van der Waals surface area contributed by atoms with Gasteiger partial charge >= 0.3 is 5.97 Å². The fourth-order valence-electron chi connectivity index (χ4n) is 1.87. The van der Waals surface area contributed by atoms with Crippen LogP contribution in [0.5, 0.6) is 11.5 Å². The second-order valence-electron chi connectivity index (χ2n) is 4.90. The van der Waals surface area contributed by atoms with E-state index in [0.717, 1.165) is 11.1 Å². The first-order chi connectivity index (χ1) is 11.5. The van der Waals surface area contributed by atoms with Gasteiger partial charge in [0.25, 0.3) is 0 Å². The topological polar surface area (TPSA) is 85.9 Å². The molecule has 0 radical (unpaired) electrons. The summed E-state index contributed by atoms with van der Waals surface area (Å²) in [6, 6.07) is 12.2. The second-order valence-corrected chi connectivity index (χ2v) is 5.34. The lowest BCUT2D eigenvalue weighted by Gasteiger charge is -2.10. The number of rotatable bonds is 5. The molecule has 2 rings (SSSR count). The first-order valence-electron chi connectivity index (χ1n) is 7.05. The molecular weight excluding hydrogens is 326 g/mol. The maximum absolute atomic E-state index is 12.2. The summed E-state index contributed by atoms with van der Waals surface area (Å²) in [5.74, 6) is 0.280. The number of methoxy groups -OCH3 is 1. The molecule has 0 aliphatic heterocycles. The van der Waals surface area contributed by atoms with Crippen LogP contribution in [0.25, 0.3) is 0 Å². The first kappa shape index (κ1) is 17.4. The number of aryl methyl sites for hydroxylation is 1. The molecule has 6 nitrogen and oxygen atoms in total. The van der Waals surface area contributed by atoms with Crippen LogP contribution < -0.4 is 20.6 Å². The summed E-state index contributed by atoms with van der Waals surface area (Å²) in [5, 5.41) is 3.93. The molecule has 0 aromatic heterocycles. The Morgan fingerprint density at radius 2 is 1.92 bits per heavy atom. The van der Waals surface area contributed by atoms with Crippen molar-refractivity contribution in [3.63, 3.8) is 0 Å². The van der Waals surface area contributed by atoms with Crippen molar-refractivity contribution in [1.82, 2.24) is 5.43 Å². The summed E-state index contributed by atoms with van der Waals surface area (Å²) >= 11 is 4.65. The van der Waals surface area contributed by atoms with Gasteiger partial charge in [0.15, 0.2) is 16.6 Å². The zero-order chi connectivity index (χ0) is 17.5. The highest BCUT2D eigenvalue weighted by atomic mass is 32.1. The first-order valence-corrected chi connectivity index (χ1v) is 7.46. The van der Waals surface area contributed by atoms with E-state index in [4.69, 9.17) is 15.2 Å². The van der Waals surface area contributed by atoms with Crippen LogP contribution in [0.4, 0.5) is 0 Å². The average molecular weight is 343 g/mol. The quantitative estimate of drug-likeness (QED) is 0.285. The molecular formula is C17H17N3O3S. The molecule has 7 heteroatoms. The lowest BCUT2D eigenvalue weighted by Crippen LogP contribution is -2.23. The van der Waals surface area contributed by atoms with Crippen LogP contribution in [0.15, 0.2) is 47.6 Å². The lowest BCUT2D eigenvalue weighted by molar-refractivity contribution is 0.0729. The van der Waals surface area contributed by atoms with E-state index in [2.05, 4.69) is 22.7 Å². The molecule has 0 spiro atoms. The number of nitrogens with one attached hydrogen (secondary N) is 1. The number of hydrazone groups is 1. The summed E-state index contributed by atoms with van der Waals surface area (Å²) in [5.41, 5.74) is 10.00. The van der Waals surface area contributed by atoms with Crippen molar-refractivity contribution in [3.05, 3.63) is 59.2 Å². The maximum Gasteiger partial charge on any atom is 0.343 e.